The number of likely N-dealkylation sites (tertiary alicyclic amines) is 1. The van der Waals surface area contributed by atoms with Crippen LogP contribution in [0.2, 0.25) is 0 Å². The quantitative estimate of drug-likeness (QED) is 0.795. The molecule has 2 fully saturated rings. The standard InChI is InChI=1S/C13H21NO4/c1-3-11(18-2)12(15)14-6-9(8-4-5-8)10(7-14)13(16)17/h8-11H,3-7H2,1-2H3,(H,16,17)/t9-,10+,11?/m1/s1. The van der Waals surface area contributed by atoms with Crippen molar-refractivity contribution in [1.29, 1.82) is 0 Å². The van der Waals surface area contributed by atoms with E-state index in [1.807, 2.05) is 6.92 Å². The molecule has 5 nitrogen and oxygen atoms in total. The molecule has 2 rings (SSSR count). The van der Waals surface area contributed by atoms with Crippen LogP contribution in [-0.2, 0) is 14.3 Å². The van der Waals surface area contributed by atoms with E-state index in [9.17, 15) is 14.7 Å². The minimum absolute atomic E-state index is 0.0607. The Labute approximate surface area is 107 Å². The van der Waals surface area contributed by atoms with Crippen molar-refractivity contribution in [1.82, 2.24) is 4.90 Å². The zero-order valence-electron chi connectivity index (χ0n) is 11.0. The van der Waals surface area contributed by atoms with Crippen molar-refractivity contribution in [3.05, 3.63) is 0 Å². The Kier molecular flexibility index (Phi) is 3.90. The zero-order valence-corrected chi connectivity index (χ0v) is 11.0. The number of aliphatic carboxylic acids is 1. The lowest BCUT2D eigenvalue weighted by molar-refractivity contribution is -0.143. The number of ether oxygens (including phenoxy) is 1. The van der Waals surface area contributed by atoms with Crippen molar-refractivity contribution in [2.45, 2.75) is 32.3 Å². The molecule has 3 atom stereocenters. The molecule has 1 aliphatic carbocycles. The maximum absolute atomic E-state index is 12.2. The summed E-state index contributed by atoms with van der Waals surface area (Å²) in [6, 6.07) is 0. The molecule has 0 aromatic heterocycles. The van der Waals surface area contributed by atoms with Gasteiger partial charge in [-0.25, -0.2) is 0 Å². The highest BCUT2D eigenvalue weighted by molar-refractivity contribution is 5.82. The van der Waals surface area contributed by atoms with Gasteiger partial charge >= 0.3 is 5.97 Å². The normalized spacial score (nSPS) is 29.3. The predicted molar refractivity (Wildman–Crippen MR) is 65.0 cm³/mol. The second-order valence-electron chi connectivity index (χ2n) is 5.32. The molecule has 0 spiro atoms. The minimum Gasteiger partial charge on any atom is -0.481 e. The monoisotopic (exact) mass is 255 g/mol. The molecular weight excluding hydrogens is 234 g/mol. The average Bonchev–Trinajstić information content (AvgIpc) is 3.09. The average molecular weight is 255 g/mol. The number of carboxylic acid groups (broad SMARTS) is 1. The van der Waals surface area contributed by atoms with Crippen molar-refractivity contribution in [2.24, 2.45) is 17.8 Å². The Hall–Kier alpha value is -1.10. The van der Waals surface area contributed by atoms with E-state index in [1.165, 1.54) is 7.11 Å². The topological polar surface area (TPSA) is 66.8 Å². The van der Waals surface area contributed by atoms with Crippen molar-refractivity contribution in [3.8, 4) is 0 Å². The van der Waals surface area contributed by atoms with Crippen LogP contribution in [0.1, 0.15) is 26.2 Å². The lowest BCUT2D eigenvalue weighted by Crippen LogP contribution is -2.39. The highest BCUT2D eigenvalue weighted by atomic mass is 16.5. The van der Waals surface area contributed by atoms with Crippen LogP contribution < -0.4 is 0 Å². The molecule has 1 N–H and O–H groups in total. The third-order valence-electron chi connectivity index (χ3n) is 4.15. The van der Waals surface area contributed by atoms with Crippen molar-refractivity contribution in [3.63, 3.8) is 0 Å². The second kappa shape index (κ2) is 5.26. The maximum Gasteiger partial charge on any atom is 0.308 e. The molecule has 2 aliphatic rings. The Morgan fingerprint density at radius 1 is 1.39 bits per heavy atom. The SMILES string of the molecule is CCC(OC)C(=O)N1C[C@H](C(=O)O)[C@@H](C2CC2)C1. The maximum atomic E-state index is 12.2. The molecule has 0 bridgehead atoms. The number of nitrogens with zero attached hydrogens (tertiary/aromatic N) is 1. The van der Waals surface area contributed by atoms with Gasteiger partial charge in [-0.2, -0.15) is 0 Å². The fraction of sp³-hybridized carbons (Fsp3) is 0.846. The van der Waals surface area contributed by atoms with Gasteiger partial charge in [0.2, 0.25) is 0 Å². The summed E-state index contributed by atoms with van der Waals surface area (Å²) < 4.78 is 5.14. The van der Waals surface area contributed by atoms with Gasteiger partial charge in [0.05, 0.1) is 5.92 Å². The number of carbonyl (C=O) groups excluding carboxylic acids is 1. The molecule has 0 aromatic carbocycles. The number of amides is 1. The Balaban J connectivity index is 2.03. The van der Waals surface area contributed by atoms with Crippen molar-refractivity contribution in [2.75, 3.05) is 20.2 Å². The summed E-state index contributed by atoms with van der Waals surface area (Å²) in [5.41, 5.74) is 0. The Bertz CT molecular complexity index is 336. The molecule has 0 radical (unpaired) electrons. The van der Waals surface area contributed by atoms with E-state index in [0.717, 1.165) is 12.8 Å². The lowest BCUT2D eigenvalue weighted by atomic mass is 9.92. The smallest absolute Gasteiger partial charge is 0.308 e. The lowest BCUT2D eigenvalue weighted by Gasteiger charge is -2.21. The summed E-state index contributed by atoms with van der Waals surface area (Å²) in [5.74, 6) is -0.579. The second-order valence-corrected chi connectivity index (χ2v) is 5.32. The molecule has 1 amide bonds. The summed E-state index contributed by atoms with van der Waals surface area (Å²) in [7, 11) is 1.52. The highest BCUT2D eigenvalue weighted by Crippen LogP contribution is 2.44. The molecule has 5 heteroatoms. The number of hydrogen-bond donors (Lipinski definition) is 1. The molecular formula is C13H21NO4. The number of carboxylic acids is 1. The van der Waals surface area contributed by atoms with Crippen LogP contribution in [0.4, 0.5) is 0 Å². The first-order chi connectivity index (χ1) is 8.58. The molecule has 18 heavy (non-hydrogen) atoms. The molecule has 1 aliphatic heterocycles. The van der Waals surface area contributed by atoms with Crippen LogP contribution in [0.5, 0.6) is 0 Å². The van der Waals surface area contributed by atoms with E-state index in [-0.39, 0.29) is 11.8 Å². The van der Waals surface area contributed by atoms with Crippen molar-refractivity contribution < 1.29 is 19.4 Å². The fourth-order valence-corrected chi connectivity index (χ4v) is 2.92. The van der Waals surface area contributed by atoms with Crippen LogP contribution in [0.25, 0.3) is 0 Å². The number of methoxy groups -OCH3 is 1. The van der Waals surface area contributed by atoms with Gasteiger partial charge < -0.3 is 14.7 Å². The molecule has 102 valence electrons. The van der Waals surface area contributed by atoms with Gasteiger partial charge in [0, 0.05) is 20.2 Å². The molecule has 1 heterocycles. The van der Waals surface area contributed by atoms with Gasteiger partial charge in [-0.3, -0.25) is 9.59 Å². The highest BCUT2D eigenvalue weighted by Gasteiger charge is 2.47. The van der Waals surface area contributed by atoms with Crippen LogP contribution in [-0.4, -0.2) is 48.2 Å². The first kappa shape index (κ1) is 13.3. The van der Waals surface area contributed by atoms with Crippen LogP contribution in [0, 0.1) is 17.8 Å². The summed E-state index contributed by atoms with van der Waals surface area (Å²) >= 11 is 0. The van der Waals surface area contributed by atoms with E-state index in [0.29, 0.717) is 25.4 Å². The van der Waals surface area contributed by atoms with E-state index in [2.05, 4.69) is 0 Å². The Morgan fingerprint density at radius 3 is 2.50 bits per heavy atom. The summed E-state index contributed by atoms with van der Waals surface area (Å²) in [6.07, 6.45) is 2.41. The van der Waals surface area contributed by atoms with E-state index >= 15 is 0 Å². The van der Waals surface area contributed by atoms with Gasteiger partial charge in [0.25, 0.3) is 5.91 Å². The van der Waals surface area contributed by atoms with E-state index in [4.69, 9.17) is 4.74 Å². The van der Waals surface area contributed by atoms with Gasteiger partial charge in [-0.05, 0) is 31.1 Å². The fourth-order valence-electron chi connectivity index (χ4n) is 2.92. The summed E-state index contributed by atoms with van der Waals surface area (Å²) in [5, 5.41) is 9.24. The van der Waals surface area contributed by atoms with Crippen LogP contribution in [0.15, 0.2) is 0 Å². The largest absolute Gasteiger partial charge is 0.481 e. The van der Waals surface area contributed by atoms with E-state index in [1.54, 1.807) is 4.90 Å². The van der Waals surface area contributed by atoms with Crippen LogP contribution >= 0.6 is 0 Å². The predicted octanol–water partition coefficient (Wildman–Crippen LogP) is 0.981. The van der Waals surface area contributed by atoms with Gasteiger partial charge in [0.1, 0.15) is 6.10 Å². The van der Waals surface area contributed by atoms with Gasteiger partial charge in [0.15, 0.2) is 0 Å². The third kappa shape index (κ3) is 2.51. The summed E-state index contributed by atoms with van der Waals surface area (Å²) in [4.78, 5) is 25.1. The minimum atomic E-state index is -0.771. The van der Waals surface area contributed by atoms with Gasteiger partial charge in [-0.1, -0.05) is 6.92 Å². The zero-order chi connectivity index (χ0) is 13.3. The molecule has 1 unspecified atom stereocenters. The summed E-state index contributed by atoms with van der Waals surface area (Å²) in [6.45, 7) is 2.82. The molecule has 1 saturated carbocycles. The van der Waals surface area contributed by atoms with Gasteiger partial charge in [-0.15, -0.1) is 0 Å². The number of rotatable bonds is 5. The van der Waals surface area contributed by atoms with Crippen molar-refractivity contribution >= 4 is 11.9 Å². The molecule has 1 saturated heterocycles. The third-order valence-corrected chi connectivity index (χ3v) is 4.15. The van der Waals surface area contributed by atoms with Crippen LogP contribution in [0.3, 0.4) is 0 Å². The number of carbonyl (C=O) groups is 2. The Morgan fingerprint density at radius 2 is 2.06 bits per heavy atom. The first-order valence-corrected chi connectivity index (χ1v) is 6.62. The number of hydrogen-bond acceptors (Lipinski definition) is 3. The molecule has 0 aromatic rings. The first-order valence-electron chi connectivity index (χ1n) is 6.62. The van der Waals surface area contributed by atoms with E-state index < -0.39 is 18.0 Å².